The summed E-state index contributed by atoms with van der Waals surface area (Å²) in [5, 5.41) is 4.14. The van der Waals surface area contributed by atoms with Crippen LogP contribution in [0.15, 0.2) is 18.2 Å². The average Bonchev–Trinajstić information content (AvgIpc) is 2.20. The number of rotatable bonds is 5. The Kier molecular flexibility index (Phi) is 4.92. The smallest absolute Gasteiger partial charge is 0.0504 e. The molecule has 0 aliphatic carbocycles. The second-order valence-electron chi connectivity index (χ2n) is 3.90. The van der Waals surface area contributed by atoms with E-state index in [1.54, 1.807) is 7.11 Å². The minimum Gasteiger partial charge on any atom is -0.384 e. The third kappa shape index (κ3) is 4.10. The van der Waals surface area contributed by atoms with E-state index in [0.29, 0.717) is 5.92 Å². The van der Waals surface area contributed by atoms with Gasteiger partial charge >= 0.3 is 0 Å². The lowest BCUT2D eigenvalue weighted by Gasteiger charge is -2.14. The van der Waals surface area contributed by atoms with Crippen molar-refractivity contribution in [3.63, 3.8) is 0 Å². The van der Waals surface area contributed by atoms with Gasteiger partial charge in [0.15, 0.2) is 0 Å². The first kappa shape index (κ1) is 12.3. The molecule has 3 heteroatoms. The minimum absolute atomic E-state index is 0.494. The molecule has 0 aliphatic heterocycles. The van der Waals surface area contributed by atoms with Crippen molar-refractivity contribution in [3.05, 3.63) is 28.8 Å². The number of methoxy groups -OCH3 is 1. The van der Waals surface area contributed by atoms with Crippen LogP contribution in [0.5, 0.6) is 0 Å². The van der Waals surface area contributed by atoms with Crippen LogP contribution in [0.3, 0.4) is 0 Å². The van der Waals surface area contributed by atoms with Crippen molar-refractivity contribution in [1.82, 2.24) is 0 Å². The van der Waals surface area contributed by atoms with Crippen LogP contribution >= 0.6 is 11.6 Å². The molecule has 0 aromatic heterocycles. The molecule has 2 nitrogen and oxygen atoms in total. The highest BCUT2D eigenvalue weighted by atomic mass is 35.5. The Morgan fingerprint density at radius 2 is 2.20 bits per heavy atom. The van der Waals surface area contributed by atoms with Crippen molar-refractivity contribution in [2.24, 2.45) is 5.92 Å². The van der Waals surface area contributed by atoms with Gasteiger partial charge in [-0.3, -0.25) is 0 Å². The highest BCUT2D eigenvalue weighted by Crippen LogP contribution is 2.20. The molecule has 0 radical (unpaired) electrons. The van der Waals surface area contributed by atoms with Crippen LogP contribution in [0.1, 0.15) is 12.5 Å². The van der Waals surface area contributed by atoms with Crippen molar-refractivity contribution < 1.29 is 4.74 Å². The van der Waals surface area contributed by atoms with E-state index in [9.17, 15) is 0 Å². The first-order chi connectivity index (χ1) is 7.13. The Balaban J connectivity index is 2.53. The van der Waals surface area contributed by atoms with E-state index in [2.05, 4.69) is 19.2 Å². The second kappa shape index (κ2) is 5.99. The van der Waals surface area contributed by atoms with Crippen LogP contribution in [0.4, 0.5) is 5.69 Å². The van der Waals surface area contributed by atoms with E-state index < -0.39 is 0 Å². The number of hydrogen-bond donors (Lipinski definition) is 1. The topological polar surface area (TPSA) is 21.3 Å². The molecule has 15 heavy (non-hydrogen) atoms. The highest BCUT2D eigenvalue weighted by Gasteiger charge is 2.03. The SMILES string of the molecule is COCC(C)CNc1cc(Cl)ccc1C. The second-order valence-corrected chi connectivity index (χ2v) is 4.34. The number of aryl methyl sites for hydroxylation is 1. The summed E-state index contributed by atoms with van der Waals surface area (Å²) in [5.41, 5.74) is 2.31. The maximum atomic E-state index is 5.93. The molecule has 1 N–H and O–H groups in total. The molecule has 1 rings (SSSR count). The molecule has 1 unspecified atom stereocenters. The van der Waals surface area contributed by atoms with Gasteiger partial charge in [0.25, 0.3) is 0 Å². The fourth-order valence-corrected chi connectivity index (χ4v) is 1.58. The Hall–Kier alpha value is -0.730. The highest BCUT2D eigenvalue weighted by molar-refractivity contribution is 6.30. The molecule has 1 atom stereocenters. The fraction of sp³-hybridized carbons (Fsp3) is 0.500. The molecule has 0 amide bonds. The fourth-order valence-electron chi connectivity index (χ4n) is 1.41. The van der Waals surface area contributed by atoms with Crippen molar-refractivity contribution in [3.8, 4) is 0 Å². The zero-order chi connectivity index (χ0) is 11.3. The van der Waals surface area contributed by atoms with E-state index in [1.165, 1.54) is 5.56 Å². The Bertz CT molecular complexity index is 314. The van der Waals surface area contributed by atoms with E-state index in [4.69, 9.17) is 16.3 Å². The summed E-state index contributed by atoms with van der Waals surface area (Å²) in [7, 11) is 1.72. The normalized spacial score (nSPS) is 12.5. The predicted molar refractivity (Wildman–Crippen MR) is 65.7 cm³/mol. The lowest BCUT2D eigenvalue weighted by molar-refractivity contribution is 0.164. The van der Waals surface area contributed by atoms with E-state index in [0.717, 1.165) is 23.9 Å². The van der Waals surface area contributed by atoms with Gasteiger partial charge in [0, 0.05) is 24.4 Å². The Labute approximate surface area is 96.6 Å². The average molecular weight is 228 g/mol. The number of halogens is 1. The molecular weight excluding hydrogens is 210 g/mol. The van der Waals surface area contributed by atoms with Gasteiger partial charge in [-0.25, -0.2) is 0 Å². The molecule has 0 aliphatic rings. The van der Waals surface area contributed by atoms with Crippen LogP contribution in [0, 0.1) is 12.8 Å². The summed E-state index contributed by atoms with van der Waals surface area (Å²) in [5.74, 6) is 0.494. The summed E-state index contributed by atoms with van der Waals surface area (Å²) in [6.07, 6.45) is 0. The Morgan fingerprint density at radius 1 is 1.47 bits per heavy atom. The van der Waals surface area contributed by atoms with Crippen molar-refractivity contribution in [2.75, 3.05) is 25.6 Å². The number of hydrogen-bond acceptors (Lipinski definition) is 2. The molecule has 0 heterocycles. The number of benzene rings is 1. The minimum atomic E-state index is 0.494. The summed E-state index contributed by atoms with van der Waals surface area (Å²) < 4.78 is 5.08. The van der Waals surface area contributed by atoms with Gasteiger partial charge in [-0.15, -0.1) is 0 Å². The van der Waals surface area contributed by atoms with Crippen LogP contribution in [0.2, 0.25) is 5.02 Å². The van der Waals surface area contributed by atoms with Crippen LogP contribution in [-0.4, -0.2) is 20.3 Å². The number of ether oxygens (including phenoxy) is 1. The van der Waals surface area contributed by atoms with Crippen molar-refractivity contribution in [2.45, 2.75) is 13.8 Å². The molecule has 0 fully saturated rings. The molecule has 0 bridgehead atoms. The zero-order valence-electron chi connectivity index (χ0n) is 9.51. The largest absolute Gasteiger partial charge is 0.384 e. The molecule has 1 aromatic rings. The summed E-state index contributed by atoms with van der Waals surface area (Å²) in [6.45, 7) is 5.89. The maximum Gasteiger partial charge on any atom is 0.0504 e. The lowest BCUT2D eigenvalue weighted by Crippen LogP contribution is -2.16. The number of anilines is 1. The van der Waals surface area contributed by atoms with E-state index >= 15 is 0 Å². The molecule has 0 spiro atoms. The third-order valence-electron chi connectivity index (χ3n) is 2.29. The van der Waals surface area contributed by atoms with Gasteiger partial charge in [0.05, 0.1) is 6.61 Å². The van der Waals surface area contributed by atoms with Gasteiger partial charge in [0.1, 0.15) is 0 Å². The van der Waals surface area contributed by atoms with Gasteiger partial charge in [-0.2, -0.15) is 0 Å². The third-order valence-corrected chi connectivity index (χ3v) is 2.53. The molecule has 0 saturated heterocycles. The molecule has 1 aromatic carbocycles. The van der Waals surface area contributed by atoms with Gasteiger partial charge in [-0.05, 0) is 30.5 Å². The van der Waals surface area contributed by atoms with Crippen LogP contribution < -0.4 is 5.32 Å². The first-order valence-corrected chi connectivity index (χ1v) is 5.50. The van der Waals surface area contributed by atoms with Crippen molar-refractivity contribution in [1.29, 1.82) is 0 Å². The molecule has 0 saturated carbocycles. The van der Waals surface area contributed by atoms with E-state index in [1.807, 2.05) is 18.2 Å². The Morgan fingerprint density at radius 3 is 2.87 bits per heavy atom. The lowest BCUT2D eigenvalue weighted by atomic mass is 10.1. The maximum absolute atomic E-state index is 5.93. The summed E-state index contributed by atoms with van der Waals surface area (Å²) >= 11 is 5.93. The summed E-state index contributed by atoms with van der Waals surface area (Å²) in [4.78, 5) is 0. The number of nitrogens with one attached hydrogen (secondary N) is 1. The van der Waals surface area contributed by atoms with E-state index in [-0.39, 0.29) is 0 Å². The monoisotopic (exact) mass is 227 g/mol. The quantitative estimate of drug-likeness (QED) is 0.833. The van der Waals surface area contributed by atoms with Gasteiger partial charge < -0.3 is 10.1 Å². The standard InChI is InChI=1S/C12H18ClNO/c1-9(8-15-3)7-14-12-6-11(13)5-4-10(12)2/h4-6,9,14H,7-8H2,1-3H3. The summed E-state index contributed by atoms with van der Waals surface area (Å²) in [6, 6.07) is 5.88. The van der Waals surface area contributed by atoms with Crippen LogP contribution in [-0.2, 0) is 4.74 Å². The zero-order valence-corrected chi connectivity index (χ0v) is 10.3. The van der Waals surface area contributed by atoms with Crippen LogP contribution in [0.25, 0.3) is 0 Å². The predicted octanol–water partition coefficient (Wildman–Crippen LogP) is 3.34. The van der Waals surface area contributed by atoms with Crippen molar-refractivity contribution >= 4 is 17.3 Å². The molecular formula is C12H18ClNO. The first-order valence-electron chi connectivity index (χ1n) is 5.12. The molecule has 84 valence electrons. The van der Waals surface area contributed by atoms with Gasteiger partial charge in [0.2, 0.25) is 0 Å². The van der Waals surface area contributed by atoms with Gasteiger partial charge in [-0.1, -0.05) is 24.6 Å².